The number of non-ortho nitro benzene ring substituents is 1. The predicted octanol–water partition coefficient (Wildman–Crippen LogP) is 4.42. The number of hydrogen-bond donors (Lipinski definition) is 1. The van der Waals surface area contributed by atoms with Crippen LogP contribution in [0, 0.1) is 13.7 Å². The molecule has 2 aliphatic rings. The molecule has 0 aliphatic carbocycles. The second-order valence-electron chi connectivity index (χ2n) is 6.72. The maximum Gasteiger partial charge on any atom is 0.269 e. The third-order valence-corrected chi connectivity index (χ3v) is 5.80. The summed E-state index contributed by atoms with van der Waals surface area (Å²) in [5.41, 5.74) is 3.10. The van der Waals surface area contributed by atoms with Crippen molar-refractivity contribution in [2.24, 2.45) is 0 Å². The number of carbonyl (C=O) groups excluding carboxylic acids is 1. The molecule has 0 radical (unpaired) electrons. The second-order valence-corrected chi connectivity index (χ2v) is 7.97. The summed E-state index contributed by atoms with van der Waals surface area (Å²) in [5.74, 6) is 0.194. The van der Waals surface area contributed by atoms with Gasteiger partial charge >= 0.3 is 0 Å². The highest BCUT2D eigenvalue weighted by atomic mass is 127. The number of hydrogen-bond acceptors (Lipinski definition) is 4. The first kappa shape index (κ1) is 17.3. The van der Waals surface area contributed by atoms with Crippen molar-refractivity contribution in [3.05, 3.63) is 67.3 Å². The molecule has 0 unspecified atom stereocenters. The van der Waals surface area contributed by atoms with Gasteiger partial charge in [0.1, 0.15) is 0 Å². The van der Waals surface area contributed by atoms with E-state index in [-0.39, 0.29) is 28.6 Å². The molecule has 1 amide bonds. The molecule has 1 fully saturated rings. The summed E-state index contributed by atoms with van der Waals surface area (Å²) in [5, 5.41) is 14.6. The van der Waals surface area contributed by atoms with Gasteiger partial charge in [-0.3, -0.25) is 14.9 Å². The Morgan fingerprint density at radius 1 is 1.23 bits per heavy atom. The van der Waals surface area contributed by atoms with Crippen LogP contribution in [0.1, 0.15) is 42.5 Å². The van der Waals surface area contributed by atoms with E-state index in [2.05, 4.69) is 34.0 Å². The minimum Gasteiger partial charge on any atom is -0.378 e. The first-order valence-corrected chi connectivity index (χ1v) is 9.70. The highest BCUT2D eigenvalue weighted by Gasteiger charge is 2.36. The summed E-state index contributed by atoms with van der Waals surface area (Å²) in [4.78, 5) is 25.1. The number of benzene rings is 2. The number of nitrogens with one attached hydrogen (secondary N) is 1. The third kappa shape index (κ3) is 3.15. The van der Waals surface area contributed by atoms with Crippen LogP contribution < -0.4 is 5.32 Å². The van der Waals surface area contributed by atoms with Gasteiger partial charge in [0.25, 0.3) is 5.69 Å². The number of carbonyl (C=O) groups is 1. The average Bonchev–Trinajstić information content (AvgIpc) is 3.06. The molecule has 7 heteroatoms. The summed E-state index contributed by atoms with van der Waals surface area (Å²) in [7, 11) is 0. The van der Waals surface area contributed by atoms with E-state index in [4.69, 9.17) is 0 Å². The van der Waals surface area contributed by atoms with Crippen LogP contribution in [0.3, 0.4) is 0 Å². The van der Waals surface area contributed by atoms with Gasteiger partial charge in [0.15, 0.2) is 0 Å². The van der Waals surface area contributed by atoms with Crippen LogP contribution >= 0.6 is 22.6 Å². The van der Waals surface area contributed by atoms with E-state index in [0.29, 0.717) is 12.8 Å². The second kappa shape index (κ2) is 6.86. The molecular weight excluding hydrogens is 445 g/mol. The van der Waals surface area contributed by atoms with Crippen LogP contribution in [0.5, 0.6) is 0 Å². The Labute approximate surface area is 164 Å². The summed E-state index contributed by atoms with van der Waals surface area (Å²) in [6.45, 7) is 0.774. The molecule has 0 saturated carbocycles. The largest absolute Gasteiger partial charge is 0.378 e. The van der Waals surface area contributed by atoms with Crippen LogP contribution in [0.4, 0.5) is 11.4 Å². The molecular formula is C19H18IN3O3. The van der Waals surface area contributed by atoms with Crippen molar-refractivity contribution < 1.29 is 9.72 Å². The minimum absolute atomic E-state index is 0.000211. The third-order valence-electron chi connectivity index (χ3n) is 5.13. The number of rotatable bonds is 3. The van der Waals surface area contributed by atoms with E-state index < -0.39 is 0 Å². The fourth-order valence-electron chi connectivity index (χ4n) is 3.91. The molecule has 0 spiro atoms. The smallest absolute Gasteiger partial charge is 0.269 e. The minimum atomic E-state index is -0.371. The number of nitro groups is 1. The molecule has 26 heavy (non-hydrogen) atoms. The number of nitro benzene ring substituents is 1. The maximum absolute atomic E-state index is 12.4. The molecule has 2 heterocycles. The Kier molecular flexibility index (Phi) is 4.56. The topological polar surface area (TPSA) is 75.5 Å². The molecule has 2 atom stereocenters. The van der Waals surface area contributed by atoms with Crippen LogP contribution in [0.15, 0.2) is 42.5 Å². The molecule has 6 nitrogen and oxygen atoms in total. The molecule has 1 saturated heterocycles. The summed E-state index contributed by atoms with van der Waals surface area (Å²) >= 11 is 2.29. The van der Waals surface area contributed by atoms with Crippen LogP contribution in [0.2, 0.25) is 0 Å². The van der Waals surface area contributed by atoms with Gasteiger partial charge in [0.05, 0.1) is 17.0 Å². The van der Waals surface area contributed by atoms with Gasteiger partial charge in [-0.2, -0.15) is 0 Å². The zero-order valence-corrected chi connectivity index (χ0v) is 16.2. The molecule has 134 valence electrons. The van der Waals surface area contributed by atoms with Gasteiger partial charge in [0, 0.05) is 34.4 Å². The SMILES string of the molecule is O=C1CCCN1[C@H]1C[C@@H](c2cccc([N+](=O)[O-])c2)Nc2ccc(I)cc21. The van der Waals surface area contributed by atoms with Crippen LogP contribution in [-0.4, -0.2) is 22.3 Å². The van der Waals surface area contributed by atoms with Gasteiger partial charge in [-0.1, -0.05) is 12.1 Å². The molecule has 2 aromatic carbocycles. The van der Waals surface area contributed by atoms with Crippen molar-refractivity contribution in [3.8, 4) is 0 Å². The van der Waals surface area contributed by atoms with Crippen molar-refractivity contribution in [2.75, 3.05) is 11.9 Å². The number of fused-ring (bicyclic) bond motifs is 1. The molecule has 2 aromatic rings. The van der Waals surface area contributed by atoms with Crippen molar-refractivity contribution in [2.45, 2.75) is 31.3 Å². The number of likely N-dealkylation sites (tertiary alicyclic amines) is 1. The summed E-state index contributed by atoms with van der Waals surface area (Å²) in [6.07, 6.45) is 2.20. The van der Waals surface area contributed by atoms with Gasteiger partial charge in [0.2, 0.25) is 5.91 Å². The van der Waals surface area contributed by atoms with Crippen molar-refractivity contribution in [1.29, 1.82) is 0 Å². The van der Waals surface area contributed by atoms with Crippen molar-refractivity contribution in [3.63, 3.8) is 0 Å². The molecule has 2 aliphatic heterocycles. The molecule has 1 N–H and O–H groups in total. The van der Waals surface area contributed by atoms with Crippen molar-refractivity contribution in [1.82, 2.24) is 4.90 Å². The van der Waals surface area contributed by atoms with Gasteiger partial charge in [-0.05, 0) is 64.8 Å². The number of amides is 1. The van der Waals surface area contributed by atoms with Gasteiger partial charge in [-0.25, -0.2) is 0 Å². The van der Waals surface area contributed by atoms with E-state index in [1.165, 1.54) is 6.07 Å². The Hall–Kier alpha value is -2.16. The van der Waals surface area contributed by atoms with Crippen LogP contribution in [-0.2, 0) is 4.79 Å². The normalized spacial score (nSPS) is 22.0. The Morgan fingerprint density at radius 3 is 2.81 bits per heavy atom. The Bertz CT molecular complexity index is 886. The quantitative estimate of drug-likeness (QED) is 0.416. The van der Waals surface area contributed by atoms with Gasteiger partial charge in [-0.15, -0.1) is 0 Å². The first-order chi connectivity index (χ1) is 12.5. The van der Waals surface area contributed by atoms with E-state index >= 15 is 0 Å². The van der Waals surface area contributed by atoms with E-state index in [9.17, 15) is 14.9 Å². The highest BCUT2D eigenvalue weighted by Crippen LogP contribution is 2.44. The fourth-order valence-corrected chi connectivity index (χ4v) is 4.42. The summed E-state index contributed by atoms with van der Waals surface area (Å²) < 4.78 is 1.13. The number of nitrogens with zero attached hydrogens (tertiary/aromatic N) is 2. The average molecular weight is 463 g/mol. The predicted molar refractivity (Wildman–Crippen MR) is 107 cm³/mol. The Morgan fingerprint density at radius 2 is 2.08 bits per heavy atom. The lowest BCUT2D eigenvalue weighted by Gasteiger charge is -2.38. The van der Waals surface area contributed by atoms with Crippen molar-refractivity contribution >= 4 is 39.9 Å². The molecule has 0 bridgehead atoms. The highest BCUT2D eigenvalue weighted by molar-refractivity contribution is 14.1. The summed E-state index contributed by atoms with van der Waals surface area (Å²) in [6, 6.07) is 12.9. The van der Waals surface area contributed by atoms with Crippen LogP contribution in [0.25, 0.3) is 0 Å². The lowest BCUT2D eigenvalue weighted by Crippen LogP contribution is -2.35. The Balaban J connectivity index is 1.73. The lowest BCUT2D eigenvalue weighted by molar-refractivity contribution is -0.384. The maximum atomic E-state index is 12.4. The number of halogens is 1. The van der Waals surface area contributed by atoms with E-state index in [1.54, 1.807) is 12.1 Å². The molecule has 4 rings (SSSR count). The fraction of sp³-hybridized carbons (Fsp3) is 0.316. The first-order valence-electron chi connectivity index (χ1n) is 8.63. The molecule has 0 aromatic heterocycles. The monoisotopic (exact) mass is 463 g/mol. The van der Waals surface area contributed by atoms with E-state index in [1.807, 2.05) is 23.1 Å². The zero-order valence-electron chi connectivity index (χ0n) is 14.0. The standard InChI is InChI=1S/C19H18IN3O3/c20-13-6-7-16-15(10-13)18(22-8-2-5-19(22)24)11-17(21-16)12-3-1-4-14(9-12)23(25)26/h1,3-4,6-7,9-10,17-18,21H,2,5,8,11H2/t17-,18-/m0/s1. The van der Waals surface area contributed by atoms with Gasteiger partial charge < -0.3 is 10.2 Å². The zero-order chi connectivity index (χ0) is 18.3. The number of anilines is 1. The lowest BCUT2D eigenvalue weighted by atomic mass is 9.88. The van der Waals surface area contributed by atoms with E-state index in [0.717, 1.165) is 33.4 Å².